The van der Waals surface area contributed by atoms with E-state index in [-0.39, 0.29) is 11.9 Å². The molecule has 4 nitrogen and oxygen atoms in total. The second-order valence-electron chi connectivity index (χ2n) is 4.77. The second kappa shape index (κ2) is 6.39. The summed E-state index contributed by atoms with van der Waals surface area (Å²) < 4.78 is 29.6. The first-order valence-corrected chi connectivity index (χ1v) is 8.46. The minimum absolute atomic E-state index is 0.117. The number of nitrogens with one attached hydrogen (secondary N) is 1. The van der Waals surface area contributed by atoms with Gasteiger partial charge in [0.1, 0.15) is 0 Å². The van der Waals surface area contributed by atoms with Crippen LogP contribution in [0.2, 0.25) is 0 Å². The third-order valence-corrected chi connectivity index (χ3v) is 5.18. The Morgan fingerprint density at radius 2 is 2.11 bits per heavy atom. The predicted molar refractivity (Wildman–Crippen MR) is 76.2 cm³/mol. The van der Waals surface area contributed by atoms with E-state index >= 15 is 0 Å². The van der Waals surface area contributed by atoms with E-state index in [4.69, 9.17) is 4.74 Å². The summed E-state index contributed by atoms with van der Waals surface area (Å²) in [6, 6.07) is 7.07. The van der Waals surface area contributed by atoms with Crippen molar-refractivity contribution < 1.29 is 13.2 Å². The van der Waals surface area contributed by atoms with Crippen LogP contribution >= 0.6 is 0 Å². The van der Waals surface area contributed by atoms with Crippen LogP contribution in [0.3, 0.4) is 0 Å². The highest BCUT2D eigenvalue weighted by molar-refractivity contribution is 7.91. The number of anilines is 1. The number of para-hydroxylation sites is 1. The average molecular weight is 283 g/mol. The van der Waals surface area contributed by atoms with Crippen LogP contribution in [0.25, 0.3) is 0 Å². The lowest BCUT2D eigenvalue weighted by Gasteiger charge is -2.23. The van der Waals surface area contributed by atoms with Crippen LogP contribution in [0.1, 0.15) is 26.2 Å². The van der Waals surface area contributed by atoms with E-state index in [9.17, 15) is 8.42 Å². The number of ether oxygens (including phenoxy) is 1. The Labute approximate surface area is 115 Å². The van der Waals surface area contributed by atoms with E-state index in [1.54, 1.807) is 19.1 Å². The number of benzene rings is 1. The Balaban J connectivity index is 2.07. The highest BCUT2D eigenvalue weighted by Gasteiger charge is 2.18. The zero-order chi connectivity index (χ0) is 13.7. The molecular weight excluding hydrogens is 262 g/mol. The molecule has 0 aromatic heterocycles. The van der Waals surface area contributed by atoms with Crippen molar-refractivity contribution >= 4 is 15.5 Å². The van der Waals surface area contributed by atoms with Crippen molar-refractivity contribution in [1.82, 2.24) is 0 Å². The SMILES string of the molecule is CCS(=O)(=O)c1ccccc1NCC1CCCCO1. The van der Waals surface area contributed by atoms with Crippen LogP contribution in [0.4, 0.5) is 5.69 Å². The molecule has 5 heteroatoms. The van der Waals surface area contributed by atoms with E-state index < -0.39 is 9.84 Å². The van der Waals surface area contributed by atoms with E-state index in [2.05, 4.69) is 5.32 Å². The van der Waals surface area contributed by atoms with Crippen LogP contribution in [-0.4, -0.2) is 33.4 Å². The zero-order valence-corrected chi connectivity index (χ0v) is 12.1. The molecule has 1 aromatic carbocycles. The van der Waals surface area contributed by atoms with Gasteiger partial charge in [0, 0.05) is 13.2 Å². The van der Waals surface area contributed by atoms with Crippen molar-refractivity contribution in [3.05, 3.63) is 24.3 Å². The van der Waals surface area contributed by atoms with Gasteiger partial charge in [-0.05, 0) is 31.4 Å². The number of hydrogen-bond acceptors (Lipinski definition) is 4. The zero-order valence-electron chi connectivity index (χ0n) is 11.3. The molecule has 0 spiro atoms. The fraction of sp³-hybridized carbons (Fsp3) is 0.571. The molecule has 1 aliphatic heterocycles. The maximum Gasteiger partial charge on any atom is 0.180 e. The molecule has 1 unspecified atom stereocenters. The standard InChI is InChI=1S/C14H21NO3S/c1-2-19(16,17)14-9-4-3-8-13(14)15-11-12-7-5-6-10-18-12/h3-4,8-9,12,15H,2,5-7,10-11H2,1H3. The van der Waals surface area contributed by atoms with Crippen molar-refractivity contribution in [1.29, 1.82) is 0 Å². The summed E-state index contributed by atoms with van der Waals surface area (Å²) in [6.45, 7) is 3.13. The Hall–Kier alpha value is -1.07. The number of rotatable bonds is 5. The normalized spacial score (nSPS) is 20.2. The predicted octanol–water partition coefficient (Wildman–Crippen LogP) is 2.46. The first kappa shape index (κ1) is 14.3. The molecule has 1 N–H and O–H groups in total. The van der Waals surface area contributed by atoms with Gasteiger partial charge in [-0.2, -0.15) is 0 Å². The molecule has 0 saturated carbocycles. The molecule has 1 heterocycles. The molecule has 1 fully saturated rings. The smallest absolute Gasteiger partial charge is 0.180 e. The van der Waals surface area contributed by atoms with Gasteiger partial charge >= 0.3 is 0 Å². The van der Waals surface area contributed by atoms with E-state index in [0.29, 0.717) is 17.1 Å². The van der Waals surface area contributed by atoms with Crippen molar-refractivity contribution in [2.75, 3.05) is 24.2 Å². The van der Waals surface area contributed by atoms with Gasteiger partial charge in [0.15, 0.2) is 9.84 Å². The third-order valence-electron chi connectivity index (χ3n) is 3.40. The van der Waals surface area contributed by atoms with Gasteiger partial charge in [-0.15, -0.1) is 0 Å². The summed E-state index contributed by atoms with van der Waals surface area (Å²) in [5, 5.41) is 3.22. The molecular formula is C14H21NO3S. The molecule has 1 aromatic rings. The lowest BCUT2D eigenvalue weighted by Crippen LogP contribution is -2.27. The summed E-state index contributed by atoms with van der Waals surface area (Å²) in [4.78, 5) is 0.383. The van der Waals surface area contributed by atoms with Gasteiger partial charge in [0.2, 0.25) is 0 Å². The molecule has 106 valence electrons. The average Bonchev–Trinajstić information content (AvgIpc) is 2.46. The summed E-state index contributed by atoms with van der Waals surface area (Å²) in [7, 11) is -3.19. The van der Waals surface area contributed by atoms with Gasteiger partial charge < -0.3 is 10.1 Å². The van der Waals surface area contributed by atoms with Gasteiger partial charge in [-0.25, -0.2) is 8.42 Å². The monoisotopic (exact) mass is 283 g/mol. The van der Waals surface area contributed by atoms with Crippen molar-refractivity contribution in [3.8, 4) is 0 Å². The molecule has 1 atom stereocenters. The largest absolute Gasteiger partial charge is 0.381 e. The molecule has 0 aliphatic carbocycles. The third kappa shape index (κ3) is 3.70. The Morgan fingerprint density at radius 1 is 1.32 bits per heavy atom. The summed E-state index contributed by atoms with van der Waals surface area (Å²) in [5.41, 5.74) is 0.679. The Bertz CT molecular complexity index is 507. The van der Waals surface area contributed by atoms with Gasteiger partial charge in [-0.1, -0.05) is 19.1 Å². The molecule has 1 aliphatic rings. The van der Waals surface area contributed by atoms with Crippen molar-refractivity contribution in [3.63, 3.8) is 0 Å². The molecule has 0 radical (unpaired) electrons. The maximum absolute atomic E-state index is 12.0. The number of sulfone groups is 1. The fourth-order valence-electron chi connectivity index (χ4n) is 2.23. The first-order valence-electron chi connectivity index (χ1n) is 6.81. The number of hydrogen-bond donors (Lipinski definition) is 1. The highest BCUT2D eigenvalue weighted by atomic mass is 32.2. The Morgan fingerprint density at radius 3 is 2.79 bits per heavy atom. The van der Waals surface area contributed by atoms with Gasteiger partial charge in [0.25, 0.3) is 0 Å². The molecule has 1 saturated heterocycles. The van der Waals surface area contributed by atoms with E-state index in [1.807, 2.05) is 12.1 Å². The fourth-order valence-corrected chi connectivity index (χ4v) is 3.30. The van der Waals surface area contributed by atoms with Crippen LogP contribution in [0.15, 0.2) is 29.2 Å². The van der Waals surface area contributed by atoms with Crippen molar-refractivity contribution in [2.24, 2.45) is 0 Å². The van der Waals surface area contributed by atoms with Crippen LogP contribution in [-0.2, 0) is 14.6 Å². The van der Waals surface area contributed by atoms with E-state index in [1.165, 1.54) is 6.42 Å². The second-order valence-corrected chi connectivity index (χ2v) is 7.02. The van der Waals surface area contributed by atoms with Crippen LogP contribution in [0, 0.1) is 0 Å². The summed E-state index contributed by atoms with van der Waals surface area (Å²) in [6.07, 6.45) is 3.53. The lowest BCUT2D eigenvalue weighted by atomic mass is 10.1. The summed E-state index contributed by atoms with van der Waals surface area (Å²) in [5.74, 6) is 0.117. The van der Waals surface area contributed by atoms with Crippen LogP contribution < -0.4 is 5.32 Å². The van der Waals surface area contributed by atoms with Gasteiger partial charge in [0.05, 0.1) is 22.4 Å². The maximum atomic E-state index is 12.0. The van der Waals surface area contributed by atoms with Gasteiger partial charge in [-0.3, -0.25) is 0 Å². The molecule has 0 bridgehead atoms. The summed E-state index contributed by atoms with van der Waals surface area (Å²) >= 11 is 0. The van der Waals surface area contributed by atoms with E-state index in [0.717, 1.165) is 19.4 Å². The van der Waals surface area contributed by atoms with Crippen molar-refractivity contribution in [2.45, 2.75) is 37.2 Å². The topological polar surface area (TPSA) is 55.4 Å². The first-order chi connectivity index (χ1) is 9.13. The highest BCUT2D eigenvalue weighted by Crippen LogP contribution is 2.22. The lowest BCUT2D eigenvalue weighted by molar-refractivity contribution is 0.0247. The molecule has 0 amide bonds. The Kier molecular flexibility index (Phi) is 4.82. The molecule has 19 heavy (non-hydrogen) atoms. The van der Waals surface area contributed by atoms with Crippen LogP contribution in [0.5, 0.6) is 0 Å². The quantitative estimate of drug-likeness (QED) is 0.902. The molecule has 2 rings (SSSR count). The minimum Gasteiger partial charge on any atom is -0.381 e. The minimum atomic E-state index is -3.19.